The molecule has 0 bridgehead atoms. The molecule has 0 fully saturated rings. The van der Waals surface area contributed by atoms with Gasteiger partial charge in [-0.05, 0) is 0 Å². The Morgan fingerprint density at radius 2 is 0.400 bits per heavy atom. The predicted octanol–water partition coefficient (Wildman–Crippen LogP) is -1.85. The average molecular weight is 122 g/mol. The van der Waals surface area contributed by atoms with E-state index in [2.05, 4.69) is 0 Å². The summed E-state index contributed by atoms with van der Waals surface area (Å²) < 4.78 is 0. The fourth-order valence-electron chi connectivity index (χ4n) is 0. The van der Waals surface area contributed by atoms with Crippen LogP contribution in [0.15, 0.2) is 0 Å². The lowest BCUT2D eigenvalue weighted by atomic mass is 16.0. The molecule has 0 aromatic carbocycles. The molecule has 5 heavy (non-hydrogen) atoms. The predicted molar refractivity (Wildman–Crippen MR) is 32.6 cm³/mol. The molecule has 5 heteroatoms. The molecule has 0 amide bonds. The maximum atomic E-state index is 0. The molecule has 40 valence electrons. The van der Waals surface area contributed by atoms with Crippen molar-refractivity contribution >= 4 is 19.8 Å². The second kappa shape index (κ2) is 121. The maximum absolute atomic E-state index is 0. The SMILES string of the molecule is [O-2].[O-2].[O-2].[PH6+3].[PH6+3]. The largest absolute Gasteiger partial charge is 2.00 e. The Hall–Kier alpha value is 0.740. The van der Waals surface area contributed by atoms with E-state index in [-0.39, 0.29) is 36.2 Å². The van der Waals surface area contributed by atoms with Crippen LogP contribution in [0.3, 0.4) is 0 Å². The summed E-state index contributed by atoms with van der Waals surface area (Å²) in [5.41, 5.74) is 0. The minimum atomic E-state index is 0. The van der Waals surface area contributed by atoms with Crippen molar-refractivity contribution < 1.29 is 16.4 Å². The van der Waals surface area contributed by atoms with Crippen molar-refractivity contribution in [3.05, 3.63) is 0 Å². The van der Waals surface area contributed by atoms with Crippen molar-refractivity contribution in [3.63, 3.8) is 0 Å². The minimum absolute atomic E-state index is 0. The monoisotopic (exact) mass is 122 g/mol. The first kappa shape index (κ1) is 236. The first-order chi connectivity index (χ1) is 0. The van der Waals surface area contributed by atoms with Crippen LogP contribution in [0, 0.1) is 0 Å². The topological polar surface area (TPSA) is 85.5 Å². The van der Waals surface area contributed by atoms with E-state index in [0.29, 0.717) is 0 Å². The van der Waals surface area contributed by atoms with E-state index in [4.69, 9.17) is 0 Å². The second-order valence-electron chi connectivity index (χ2n) is 0. The smallest absolute Gasteiger partial charge is 0.295 e. The summed E-state index contributed by atoms with van der Waals surface area (Å²) in [5, 5.41) is 0. The molecule has 0 aliphatic rings. The molecule has 0 heterocycles. The van der Waals surface area contributed by atoms with Gasteiger partial charge in [-0.2, -0.15) is 0 Å². The molecule has 0 radical (unpaired) electrons. The zero-order valence-corrected chi connectivity index (χ0v) is 1.22. The highest BCUT2D eigenvalue weighted by atomic mass is 31.0. The third-order valence-corrected chi connectivity index (χ3v) is 0. The standard InChI is InChI=1S/3O.2H6P/h;;;2*1H6/q3*-2;2*+3. The van der Waals surface area contributed by atoms with Crippen LogP contribution in [0.4, 0.5) is 0 Å². The Labute approximate surface area is 37.3 Å². The van der Waals surface area contributed by atoms with Crippen molar-refractivity contribution in [1.82, 2.24) is 0 Å². The highest BCUT2D eigenvalue weighted by Crippen LogP contribution is 0.862. The van der Waals surface area contributed by atoms with Gasteiger partial charge < -0.3 is 16.4 Å². The molecular formula is H12O3P2. The van der Waals surface area contributed by atoms with Crippen molar-refractivity contribution in [3.8, 4) is 0 Å². The fourth-order valence-corrected chi connectivity index (χ4v) is 0. The lowest BCUT2D eigenvalue weighted by molar-refractivity contribution is 0.685. The zero-order valence-electron chi connectivity index (χ0n) is 1.22. The first-order valence-corrected chi connectivity index (χ1v) is 0. The van der Waals surface area contributed by atoms with Gasteiger partial charge in [0.1, 0.15) is 0 Å². The zero-order chi connectivity index (χ0) is 0. The van der Waals surface area contributed by atoms with Gasteiger partial charge >= 0.3 is 0 Å². The molecule has 3 nitrogen and oxygen atoms in total. The van der Waals surface area contributed by atoms with E-state index >= 15 is 0 Å². The molecule has 0 rings (SSSR count). The summed E-state index contributed by atoms with van der Waals surface area (Å²) in [5.74, 6) is 0. The van der Waals surface area contributed by atoms with Crippen molar-refractivity contribution in [2.75, 3.05) is 0 Å². The van der Waals surface area contributed by atoms with Crippen LogP contribution in [0.25, 0.3) is 0 Å². The average Bonchev–Trinajstić information content (AvgIpc) is 0. The number of rotatable bonds is 0. The molecular weight excluding hydrogens is 110 g/mol. The molecule has 0 spiro atoms. The maximum Gasteiger partial charge on any atom is -0.295 e. The van der Waals surface area contributed by atoms with Gasteiger partial charge in [-0.1, -0.05) is 0 Å². The Morgan fingerprint density at radius 3 is 0.400 bits per heavy atom. The van der Waals surface area contributed by atoms with Crippen LogP contribution in [0.5, 0.6) is 0 Å². The molecule has 0 aliphatic heterocycles. The number of hydrogen-bond acceptors (Lipinski definition) is 0. The highest BCUT2D eigenvalue weighted by Gasteiger charge is -0.294. The third-order valence-electron chi connectivity index (χ3n) is 0. The van der Waals surface area contributed by atoms with Crippen LogP contribution in [0.2, 0.25) is 0 Å². The fraction of sp³-hybridized carbons (Fsp3) is 0. The third kappa shape index (κ3) is 65.0. The van der Waals surface area contributed by atoms with Gasteiger partial charge in [0.05, 0.1) is 0 Å². The minimum Gasteiger partial charge on any atom is -2.00 e. The summed E-state index contributed by atoms with van der Waals surface area (Å²) in [6.07, 6.45) is 0. The van der Waals surface area contributed by atoms with Gasteiger partial charge in [0.2, 0.25) is 0 Å². The normalized spacial score (nSPS) is 0. The van der Waals surface area contributed by atoms with Crippen LogP contribution < -0.4 is 0 Å². The van der Waals surface area contributed by atoms with E-state index < -0.39 is 0 Å². The molecule has 0 atom stereocenters. The van der Waals surface area contributed by atoms with E-state index in [1.807, 2.05) is 0 Å². The summed E-state index contributed by atoms with van der Waals surface area (Å²) in [6, 6.07) is 0. The van der Waals surface area contributed by atoms with Gasteiger partial charge in [0.15, 0.2) is 0 Å². The van der Waals surface area contributed by atoms with Crippen LogP contribution in [-0.4, -0.2) is 0 Å². The Morgan fingerprint density at radius 1 is 0.400 bits per heavy atom. The lowest BCUT2D eigenvalue weighted by Gasteiger charge is -2.00. The van der Waals surface area contributed by atoms with Gasteiger partial charge in [-0.15, -0.1) is 0 Å². The lowest BCUT2D eigenvalue weighted by Crippen LogP contribution is -0.120. The Kier molecular flexibility index (Phi) is 5700. The van der Waals surface area contributed by atoms with Gasteiger partial charge in [0, 0.05) is 0 Å². The van der Waals surface area contributed by atoms with Crippen molar-refractivity contribution in [1.29, 1.82) is 0 Å². The quantitative estimate of drug-likeness (QED) is 0.338. The summed E-state index contributed by atoms with van der Waals surface area (Å²) in [4.78, 5) is 0. The van der Waals surface area contributed by atoms with E-state index in [0.717, 1.165) is 0 Å². The van der Waals surface area contributed by atoms with Crippen LogP contribution in [0.1, 0.15) is 0 Å². The van der Waals surface area contributed by atoms with Crippen LogP contribution in [-0.2, 0) is 16.4 Å². The van der Waals surface area contributed by atoms with Gasteiger partial charge in [-0.3, -0.25) is 19.8 Å². The van der Waals surface area contributed by atoms with E-state index in [1.54, 1.807) is 0 Å². The second-order valence-corrected chi connectivity index (χ2v) is 0. The molecule has 0 aliphatic carbocycles. The van der Waals surface area contributed by atoms with Crippen LogP contribution >= 0.6 is 19.8 Å². The molecule has 0 unspecified atom stereocenters. The molecule has 0 aromatic rings. The van der Waals surface area contributed by atoms with Gasteiger partial charge in [0.25, 0.3) is 0 Å². The Bertz CT molecular complexity index is 4.85. The molecule has 0 saturated heterocycles. The number of hydrogen-bond donors (Lipinski definition) is 0. The van der Waals surface area contributed by atoms with E-state index in [9.17, 15) is 0 Å². The van der Waals surface area contributed by atoms with E-state index in [1.165, 1.54) is 0 Å². The molecule has 0 aromatic heterocycles. The Balaban J connectivity index is 0. The summed E-state index contributed by atoms with van der Waals surface area (Å²) in [6.45, 7) is 0. The molecule has 0 N–H and O–H groups in total. The summed E-state index contributed by atoms with van der Waals surface area (Å²) in [7, 11) is 0. The molecule has 0 saturated carbocycles. The summed E-state index contributed by atoms with van der Waals surface area (Å²) >= 11 is 0. The van der Waals surface area contributed by atoms with Crippen molar-refractivity contribution in [2.24, 2.45) is 0 Å². The van der Waals surface area contributed by atoms with Gasteiger partial charge in [-0.25, -0.2) is 0 Å². The highest BCUT2D eigenvalue weighted by molar-refractivity contribution is 6.92. The van der Waals surface area contributed by atoms with Crippen molar-refractivity contribution in [2.45, 2.75) is 0 Å². The first-order valence-electron chi connectivity index (χ1n) is 0.